The quantitative estimate of drug-likeness (QED) is 0.462. The molecule has 0 aliphatic carbocycles. The molecule has 3 heteroatoms. The van der Waals surface area contributed by atoms with Gasteiger partial charge < -0.3 is 0 Å². The zero-order valence-corrected chi connectivity index (χ0v) is 5.47. The van der Waals surface area contributed by atoms with E-state index in [-0.39, 0.29) is 23.7 Å². The summed E-state index contributed by atoms with van der Waals surface area (Å²) in [7, 11) is 0. The molecule has 2 amide bonds. The van der Waals surface area contributed by atoms with Crippen LogP contribution in [0.3, 0.4) is 0 Å². The van der Waals surface area contributed by atoms with Crippen LogP contribution in [0, 0.1) is 11.8 Å². The van der Waals surface area contributed by atoms with Gasteiger partial charge in [0.05, 0.1) is 0 Å². The fourth-order valence-electron chi connectivity index (χ4n) is 0.803. The standard InChI is InChI=1S/C6H9NO2/c1-3-4(2)6(9)7-5(3)8/h3-4H,1-2H3,(H,7,8,9)/t3-,4?/m1/s1. The summed E-state index contributed by atoms with van der Waals surface area (Å²) in [5.41, 5.74) is 0. The number of carbonyl (C=O) groups excluding carboxylic acids is 2. The van der Waals surface area contributed by atoms with E-state index in [4.69, 9.17) is 0 Å². The topological polar surface area (TPSA) is 46.2 Å². The Balaban J connectivity index is 2.77. The van der Waals surface area contributed by atoms with E-state index in [1.165, 1.54) is 0 Å². The monoisotopic (exact) mass is 127 g/mol. The van der Waals surface area contributed by atoms with Crippen LogP contribution in [0.4, 0.5) is 0 Å². The lowest BCUT2D eigenvalue weighted by Crippen LogP contribution is -2.21. The van der Waals surface area contributed by atoms with Crippen LogP contribution in [-0.2, 0) is 9.59 Å². The third-order valence-corrected chi connectivity index (χ3v) is 1.82. The predicted molar refractivity (Wildman–Crippen MR) is 31.5 cm³/mol. The minimum atomic E-state index is -0.146. The minimum absolute atomic E-state index is 0.141. The Hall–Kier alpha value is -0.860. The van der Waals surface area contributed by atoms with E-state index in [9.17, 15) is 9.59 Å². The summed E-state index contributed by atoms with van der Waals surface area (Å²) in [5, 5.41) is 2.24. The maximum Gasteiger partial charge on any atom is 0.230 e. The maximum atomic E-state index is 10.7. The molecule has 1 aliphatic heterocycles. The molecule has 0 spiro atoms. The molecule has 9 heavy (non-hydrogen) atoms. The average molecular weight is 127 g/mol. The zero-order chi connectivity index (χ0) is 7.02. The summed E-state index contributed by atoms with van der Waals surface area (Å²) in [4.78, 5) is 21.3. The fourth-order valence-corrected chi connectivity index (χ4v) is 0.803. The van der Waals surface area contributed by atoms with E-state index in [1.807, 2.05) is 0 Å². The molecule has 1 rings (SSSR count). The zero-order valence-electron chi connectivity index (χ0n) is 5.47. The Labute approximate surface area is 53.4 Å². The summed E-state index contributed by atoms with van der Waals surface area (Å²) in [6.07, 6.45) is 0. The number of hydrogen-bond donors (Lipinski definition) is 1. The van der Waals surface area contributed by atoms with Gasteiger partial charge in [0.1, 0.15) is 0 Å². The van der Waals surface area contributed by atoms with Crippen molar-refractivity contribution in [3.8, 4) is 0 Å². The lowest BCUT2D eigenvalue weighted by atomic mass is 10.00. The van der Waals surface area contributed by atoms with E-state index >= 15 is 0 Å². The fraction of sp³-hybridized carbons (Fsp3) is 0.667. The van der Waals surface area contributed by atoms with Gasteiger partial charge in [-0.1, -0.05) is 13.8 Å². The smallest absolute Gasteiger partial charge is 0.230 e. The van der Waals surface area contributed by atoms with Crippen molar-refractivity contribution in [2.24, 2.45) is 11.8 Å². The van der Waals surface area contributed by atoms with Crippen molar-refractivity contribution in [1.82, 2.24) is 5.32 Å². The van der Waals surface area contributed by atoms with Gasteiger partial charge in [-0.25, -0.2) is 0 Å². The molecule has 50 valence electrons. The molecule has 3 nitrogen and oxygen atoms in total. The molecule has 0 bridgehead atoms. The number of nitrogens with one attached hydrogen (secondary N) is 1. The highest BCUT2D eigenvalue weighted by Gasteiger charge is 2.34. The Morgan fingerprint density at radius 1 is 1.11 bits per heavy atom. The number of carbonyl (C=O) groups is 2. The summed E-state index contributed by atoms with van der Waals surface area (Å²) in [6.45, 7) is 3.51. The first-order valence-corrected chi connectivity index (χ1v) is 2.97. The first-order chi connectivity index (χ1) is 4.13. The first kappa shape index (κ1) is 6.26. The first-order valence-electron chi connectivity index (χ1n) is 2.97. The van der Waals surface area contributed by atoms with Crippen molar-refractivity contribution in [3.05, 3.63) is 0 Å². The SMILES string of the molecule is CC1C(=O)NC(=O)[C@@H]1C. The van der Waals surface area contributed by atoms with E-state index in [0.29, 0.717) is 0 Å². The summed E-state index contributed by atoms with van der Waals surface area (Å²) < 4.78 is 0. The molecular weight excluding hydrogens is 118 g/mol. The summed E-state index contributed by atoms with van der Waals surface area (Å²) >= 11 is 0. The highest BCUT2D eigenvalue weighted by molar-refractivity contribution is 6.04. The normalized spacial score (nSPS) is 34.9. The predicted octanol–water partition coefficient (Wildman–Crippen LogP) is -0.0850. The van der Waals surface area contributed by atoms with Crippen LogP contribution < -0.4 is 5.32 Å². The van der Waals surface area contributed by atoms with Gasteiger partial charge in [0.25, 0.3) is 0 Å². The van der Waals surface area contributed by atoms with Crippen molar-refractivity contribution in [2.75, 3.05) is 0 Å². The highest BCUT2D eigenvalue weighted by Crippen LogP contribution is 2.16. The van der Waals surface area contributed by atoms with Crippen molar-refractivity contribution < 1.29 is 9.59 Å². The molecule has 1 fully saturated rings. The third-order valence-electron chi connectivity index (χ3n) is 1.82. The Morgan fingerprint density at radius 2 is 1.44 bits per heavy atom. The number of amides is 2. The Bertz CT molecular complexity index is 146. The van der Waals surface area contributed by atoms with Gasteiger partial charge in [-0.05, 0) is 0 Å². The van der Waals surface area contributed by atoms with E-state index < -0.39 is 0 Å². The minimum Gasteiger partial charge on any atom is -0.296 e. The summed E-state index contributed by atoms with van der Waals surface area (Å²) in [5.74, 6) is -0.574. The molecule has 1 aliphatic rings. The van der Waals surface area contributed by atoms with Gasteiger partial charge >= 0.3 is 0 Å². The van der Waals surface area contributed by atoms with Gasteiger partial charge in [0, 0.05) is 11.8 Å². The molecule has 2 atom stereocenters. The lowest BCUT2D eigenvalue weighted by molar-refractivity contribution is -0.126. The van der Waals surface area contributed by atoms with Crippen LogP contribution in [0.15, 0.2) is 0 Å². The number of rotatable bonds is 0. The number of hydrogen-bond acceptors (Lipinski definition) is 2. The largest absolute Gasteiger partial charge is 0.296 e. The molecule has 1 heterocycles. The second-order valence-electron chi connectivity index (χ2n) is 2.43. The second kappa shape index (κ2) is 1.83. The molecule has 0 saturated carbocycles. The molecule has 1 N–H and O–H groups in total. The van der Waals surface area contributed by atoms with Gasteiger partial charge in [-0.2, -0.15) is 0 Å². The maximum absolute atomic E-state index is 10.7. The second-order valence-corrected chi connectivity index (χ2v) is 2.43. The lowest BCUT2D eigenvalue weighted by Gasteiger charge is -1.99. The molecule has 0 aromatic heterocycles. The van der Waals surface area contributed by atoms with E-state index in [2.05, 4.69) is 5.32 Å². The van der Waals surface area contributed by atoms with Crippen LogP contribution in [-0.4, -0.2) is 11.8 Å². The van der Waals surface area contributed by atoms with Gasteiger partial charge in [0.2, 0.25) is 11.8 Å². The van der Waals surface area contributed by atoms with E-state index in [0.717, 1.165) is 0 Å². The van der Waals surface area contributed by atoms with Crippen LogP contribution in [0.2, 0.25) is 0 Å². The average Bonchev–Trinajstić information content (AvgIpc) is 1.98. The van der Waals surface area contributed by atoms with Gasteiger partial charge in [-0.15, -0.1) is 0 Å². The van der Waals surface area contributed by atoms with Crippen LogP contribution in [0.25, 0.3) is 0 Å². The molecule has 1 unspecified atom stereocenters. The Kier molecular flexibility index (Phi) is 1.27. The van der Waals surface area contributed by atoms with Crippen LogP contribution in [0.1, 0.15) is 13.8 Å². The van der Waals surface area contributed by atoms with Crippen LogP contribution >= 0.6 is 0 Å². The molecular formula is C6H9NO2. The molecule has 0 aromatic carbocycles. The summed E-state index contributed by atoms with van der Waals surface area (Å²) in [6, 6.07) is 0. The van der Waals surface area contributed by atoms with Gasteiger partial charge in [-0.3, -0.25) is 14.9 Å². The number of imide groups is 1. The Morgan fingerprint density at radius 3 is 1.56 bits per heavy atom. The highest BCUT2D eigenvalue weighted by atomic mass is 16.2. The van der Waals surface area contributed by atoms with Crippen molar-refractivity contribution in [2.45, 2.75) is 13.8 Å². The van der Waals surface area contributed by atoms with Gasteiger partial charge in [0.15, 0.2) is 0 Å². The van der Waals surface area contributed by atoms with Crippen molar-refractivity contribution in [3.63, 3.8) is 0 Å². The van der Waals surface area contributed by atoms with Crippen molar-refractivity contribution in [1.29, 1.82) is 0 Å². The van der Waals surface area contributed by atoms with E-state index in [1.54, 1.807) is 13.8 Å². The van der Waals surface area contributed by atoms with Crippen LogP contribution in [0.5, 0.6) is 0 Å². The third kappa shape index (κ3) is 0.823. The molecule has 0 aromatic rings. The molecule has 1 saturated heterocycles. The molecule has 0 radical (unpaired) electrons. The van der Waals surface area contributed by atoms with Crippen molar-refractivity contribution >= 4 is 11.8 Å².